The molecule has 7 nitrogen and oxygen atoms in total. The molecule has 1 unspecified atom stereocenters. The predicted molar refractivity (Wildman–Crippen MR) is 128 cm³/mol. The number of carbonyl (C=O) groups excluding carboxylic acids is 3. The number of anilines is 2. The molecule has 0 fully saturated rings. The molecule has 2 aromatic carbocycles. The lowest BCUT2D eigenvalue weighted by atomic mass is 10.0. The first-order valence-electron chi connectivity index (χ1n) is 10.6. The average molecular weight is 465 g/mol. The average Bonchev–Trinajstić information content (AvgIpc) is 3.21. The van der Waals surface area contributed by atoms with E-state index in [9.17, 15) is 14.4 Å². The van der Waals surface area contributed by atoms with Crippen molar-refractivity contribution in [2.45, 2.75) is 26.9 Å². The molecule has 0 saturated carbocycles. The molecule has 2 amide bonds. The van der Waals surface area contributed by atoms with Gasteiger partial charge in [-0.1, -0.05) is 42.0 Å². The van der Waals surface area contributed by atoms with Gasteiger partial charge in [0.2, 0.25) is 5.91 Å². The molecule has 3 aromatic rings. The number of thiophene rings is 1. The highest BCUT2D eigenvalue weighted by Crippen LogP contribution is 2.37. The molecule has 1 aromatic heterocycles. The summed E-state index contributed by atoms with van der Waals surface area (Å²) < 4.78 is 10.9. The zero-order chi connectivity index (χ0) is 23.5. The maximum absolute atomic E-state index is 13.0. The van der Waals surface area contributed by atoms with Gasteiger partial charge in [-0.25, -0.2) is 4.79 Å². The number of benzene rings is 2. The van der Waals surface area contributed by atoms with Gasteiger partial charge in [0.25, 0.3) is 5.91 Å². The van der Waals surface area contributed by atoms with Crippen molar-refractivity contribution in [2.24, 2.45) is 0 Å². The number of fused-ring (bicyclic) bond motifs is 1. The van der Waals surface area contributed by atoms with Crippen LogP contribution in [0.2, 0.25) is 0 Å². The third kappa shape index (κ3) is 4.61. The third-order valence-corrected chi connectivity index (χ3v) is 6.16. The Morgan fingerprint density at radius 2 is 1.88 bits per heavy atom. The number of aryl methyl sites for hydroxylation is 1. The highest BCUT2D eigenvalue weighted by molar-refractivity contribution is 7.15. The Labute approximate surface area is 195 Å². The largest absolute Gasteiger partial charge is 0.479 e. The second-order valence-electron chi connectivity index (χ2n) is 7.64. The fraction of sp³-hybridized carbons (Fsp3) is 0.240. The molecule has 33 heavy (non-hydrogen) atoms. The highest BCUT2D eigenvalue weighted by Gasteiger charge is 2.33. The van der Waals surface area contributed by atoms with Crippen LogP contribution in [-0.2, 0) is 14.3 Å². The summed E-state index contributed by atoms with van der Waals surface area (Å²) >= 11 is 1.25. The predicted octanol–water partition coefficient (Wildman–Crippen LogP) is 4.65. The Morgan fingerprint density at radius 1 is 1.15 bits per heavy atom. The van der Waals surface area contributed by atoms with Gasteiger partial charge in [0.1, 0.15) is 22.9 Å². The smallest absolute Gasteiger partial charge is 0.341 e. The van der Waals surface area contributed by atoms with Gasteiger partial charge in [-0.05, 0) is 38.5 Å². The summed E-state index contributed by atoms with van der Waals surface area (Å²) in [7, 11) is 0. The first-order chi connectivity index (χ1) is 15.9. The van der Waals surface area contributed by atoms with E-state index >= 15 is 0 Å². The zero-order valence-electron chi connectivity index (χ0n) is 18.6. The minimum absolute atomic E-state index is 0.205. The molecule has 0 saturated heterocycles. The third-order valence-electron chi connectivity index (χ3n) is 5.26. The van der Waals surface area contributed by atoms with E-state index in [2.05, 4.69) is 5.32 Å². The van der Waals surface area contributed by atoms with Crippen molar-refractivity contribution in [3.8, 4) is 16.9 Å². The lowest BCUT2D eigenvalue weighted by Crippen LogP contribution is -2.47. The Hall–Kier alpha value is -3.65. The van der Waals surface area contributed by atoms with E-state index in [1.165, 1.54) is 16.2 Å². The van der Waals surface area contributed by atoms with Crippen LogP contribution in [0.3, 0.4) is 0 Å². The van der Waals surface area contributed by atoms with E-state index in [4.69, 9.17) is 9.47 Å². The topological polar surface area (TPSA) is 84.9 Å². The Morgan fingerprint density at radius 3 is 2.61 bits per heavy atom. The normalized spacial score (nSPS) is 14.9. The Balaban J connectivity index is 1.61. The van der Waals surface area contributed by atoms with Gasteiger partial charge in [0.05, 0.1) is 12.3 Å². The Bertz CT molecular complexity index is 1200. The van der Waals surface area contributed by atoms with Gasteiger partial charge >= 0.3 is 5.97 Å². The molecule has 1 aliphatic rings. The van der Waals surface area contributed by atoms with Crippen LogP contribution in [-0.4, -0.2) is 37.0 Å². The first-order valence-corrected chi connectivity index (χ1v) is 11.5. The molecule has 170 valence electrons. The number of carbonyl (C=O) groups is 3. The molecule has 1 N–H and O–H groups in total. The van der Waals surface area contributed by atoms with Gasteiger partial charge < -0.3 is 14.8 Å². The van der Waals surface area contributed by atoms with Gasteiger partial charge in [0.15, 0.2) is 6.10 Å². The van der Waals surface area contributed by atoms with Crippen molar-refractivity contribution in [1.82, 2.24) is 0 Å². The molecular formula is C25H24N2O5S. The second kappa shape index (κ2) is 9.46. The van der Waals surface area contributed by atoms with Crippen molar-refractivity contribution >= 4 is 39.8 Å². The molecule has 0 spiro atoms. The molecule has 0 aliphatic carbocycles. The van der Waals surface area contributed by atoms with E-state index in [1.54, 1.807) is 32.0 Å². The van der Waals surface area contributed by atoms with Gasteiger partial charge in [-0.15, -0.1) is 11.3 Å². The van der Waals surface area contributed by atoms with Gasteiger partial charge in [-0.2, -0.15) is 0 Å². The van der Waals surface area contributed by atoms with Crippen molar-refractivity contribution in [3.63, 3.8) is 0 Å². The summed E-state index contributed by atoms with van der Waals surface area (Å²) in [6.07, 6.45) is -0.697. The molecule has 4 rings (SSSR count). The van der Waals surface area contributed by atoms with Crippen LogP contribution in [0.4, 0.5) is 10.7 Å². The maximum atomic E-state index is 13.0. The lowest BCUT2D eigenvalue weighted by Gasteiger charge is -2.32. The zero-order valence-corrected chi connectivity index (χ0v) is 19.4. The molecule has 1 aliphatic heterocycles. The van der Waals surface area contributed by atoms with Crippen molar-refractivity contribution in [1.29, 1.82) is 0 Å². The van der Waals surface area contributed by atoms with Crippen molar-refractivity contribution < 1.29 is 23.9 Å². The summed E-state index contributed by atoms with van der Waals surface area (Å²) in [6, 6.07) is 14.9. The fourth-order valence-corrected chi connectivity index (χ4v) is 4.61. The SMILES string of the molecule is CCOC(=O)c1c(-c2ccc(C)cc2)csc1NC(=O)CN1C(=O)C(C)Oc2ccccc21. The van der Waals surface area contributed by atoms with Crippen LogP contribution in [0.15, 0.2) is 53.9 Å². The second-order valence-corrected chi connectivity index (χ2v) is 8.52. The number of nitrogens with one attached hydrogen (secondary N) is 1. The van der Waals surface area contributed by atoms with Crippen LogP contribution in [0.25, 0.3) is 11.1 Å². The molecule has 0 bridgehead atoms. The quantitative estimate of drug-likeness (QED) is 0.537. The van der Waals surface area contributed by atoms with Crippen LogP contribution in [0.5, 0.6) is 5.75 Å². The van der Waals surface area contributed by atoms with E-state index < -0.39 is 18.0 Å². The summed E-state index contributed by atoms with van der Waals surface area (Å²) in [6.45, 7) is 5.38. The summed E-state index contributed by atoms with van der Waals surface area (Å²) in [5.41, 5.74) is 3.49. The number of para-hydroxylation sites is 2. The number of hydrogen-bond donors (Lipinski definition) is 1. The molecular weight excluding hydrogens is 440 g/mol. The molecule has 0 radical (unpaired) electrons. The molecule has 2 heterocycles. The summed E-state index contributed by atoms with van der Waals surface area (Å²) in [5, 5.41) is 5.02. The van der Waals surface area contributed by atoms with E-state index in [-0.39, 0.29) is 19.1 Å². The number of amides is 2. The van der Waals surface area contributed by atoms with E-state index in [1.807, 2.05) is 42.6 Å². The van der Waals surface area contributed by atoms with Crippen LogP contribution in [0.1, 0.15) is 29.8 Å². The number of esters is 1. The van der Waals surface area contributed by atoms with E-state index in [0.717, 1.165) is 11.1 Å². The standard InChI is InChI=1S/C25H24N2O5S/c1-4-31-25(30)22-18(17-11-9-15(2)10-12-17)14-33-23(22)26-21(28)13-27-19-7-5-6-8-20(19)32-16(3)24(27)29/h5-12,14,16H,4,13H2,1-3H3,(H,26,28). The number of nitrogens with zero attached hydrogens (tertiary/aromatic N) is 1. The lowest BCUT2D eigenvalue weighted by molar-refractivity contribution is -0.127. The van der Waals surface area contributed by atoms with Gasteiger partial charge in [0, 0.05) is 10.9 Å². The van der Waals surface area contributed by atoms with Crippen molar-refractivity contribution in [3.05, 3.63) is 65.0 Å². The number of ether oxygens (including phenoxy) is 2. The maximum Gasteiger partial charge on any atom is 0.341 e. The highest BCUT2D eigenvalue weighted by atomic mass is 32.1. The fourth-order valence-electron chi connectivity index (χ4n) is 3.63. The summed E-state index contributed by atoms with van der Waals surface area (Å²) in [5.74, 6) is -0.690. The first kappa shape index (κ1) is 22.5. The number of hydrogen-bond acceptors (Lipinski definition) is 6. The van der Waals surface area contributed by atoms with Gasteiger partial charge in [-0.3, -0.25) is 14.5 Å². The minimum Gasteiger partial charge on any atom is -0.479 e. The Kier molecular flexibility index (Phi) is 6.46. The van der Waals surface area contributed by atoms with E-state index in [0.29, 0.717) is 27.6 Å². The van der Waals surface area contributed by atoms with Crippen LogP contribution < -0.4 is 15.0 Å². The molecule has 8 heteroatoms. The number of rotatable bonds is 6. The minimum atomic E-state index is -0.697. The monoisotopic (exact) mass is 464 g/mol. The van der Waals surface area contributed by atoms with Crippen molar-refractivity contribution in [2.75, 3.05) is 23.4 Å². The van der Waals surface area contributed by atoms with Crippen LogP contribution >= 0.6 is 11.3 Å². The molecule has 1 atom stereocenters. The summed E-state index contributed by atoms with van der Waals surface area (Å²) in [4.78, 5) is 39.8. The van der Waals surface area contributed by atoms with Crippen LogP contribution in [0, 0.1) is 6.92 Å².